The van der Waals surface area contributed by atoms with Gasteiger partial charge in [-0.3, -0.25) is 19.3 Å². The molecule has 0 fully saturated rings. The molecule has 2 N–H and O–H groups in total. The van der Waals surface area contributed by atoms with E-state index in [1.54, 1.807) is 23.7 Å². The SMILES string of the molecule is Cc1ccccc1N(C(=O)CCC(=O)Nc1nccs1)C(C(=O)NC(C)C)c1ccc(F)cc1. The molecule has 0 saturated heterocycles. The summed E-state index contributed by atoms with van der Waals surface area (Å²) in [5.74, 6) is -1.60. The minimum absolute atomic E-state index is 0.0806. The van der Waals surface area contributed by atoms with Gasteiger partial charge in [0.25, 0.3) is 0 Å². The van der Waals surface area contributed by atoms with Crippen LogP contribution in [0.1, 0.15) is 43.9 Å². The number of thiazole rings is 1. The van der Waals surface area contributed by atoms with Crippen molar-refractivity contribution in [1.29, 1.82) is 0 Å². The van der Waals surface area contributed by atoms with Gasteiger partial charge in [-0.25, -0.2) is 9.37 Å². The van der Waals surface area contributed by atoms with Crippen LogP contribution in [0.15, 0.2) is 60.1 Å². The number of rotatable bonds is 9. The Balaban J connectivity index is 1.95. The minimum atomic E-state index is -1.04. The number of nitrogens with one attached hydrogen (secondary N) is 2. The van der Waals surface area contributed by atoms with Crippen LogP contribution < -0.4 is 15.5 Å². The van der Waals surface area contributed by atoms with E-state index in [4.69, 9.17) is 0 Å². The minimum Gasteiger partial charge on any atom is -0.352 e. The molecular formula is C25H27FN4O3S. The number of hydrogen-bond acceptors (Lipinski definition) is 5. The highest BCUT2D eigenvalue weighted by molar-refractivity contribution is 7.13. The topological polar surface area (TPSA) is 91.4 Å². The summed E-state index contributed by atoms with van der Waals surface area (Å²) in [6.07, 6.45) is 1.37. The van der Waals surface area contributed by atoms with Gasteiger partial charge in [0.05, 0.1) is 0 Å². The molecule has 0 bridgehead atoms. The molecular weight excluding hydrogens is 455 g/mol. The molecule has 1 heterocycles. The largest absolute Gasteiger partial charge is 0.352 e. The van der Waals surface area contributed by atoms with E-state index in [1.807, 2.05) is 32.9 Å². The molecule has 3 amide bonds. The van der Waals surface area contributed by atoms with Gasteiger partial charge in [0, 0.05) is 36.1 Å². The van der Waals surface area contributed by atoms with Crippen LogP contribution in [0.25, 0.3) is 0 Å². The number of amides is 3. The summed E-state index contributed by atoms with van der Waals surface area (Å²) in [6, 6.07) is 11.5. The quantitative estimate of drug-likeness (QED) is 0.466. The summed E-state index contributed by atoms with van der Waals surface area (Å²) in [6.45, 7) is 5.48. The predicted octanol–water partition coefficient (Wildman–Crippen LogP) is 4.61. The van der Waals surface area contributed by atoms with Crippen molar-refractivity contribution < 1.29 is 18.8 Å². The van der Waals surface area contributed by atoms with Crippen LogP contribution in [0, 0.1) is 12.7 Å². The Bertz CT molecular complexity index is 1130. The normalized spacial score (nSPS) is 11.7. The fourth-order valence-electron chi connectivity index (χ4n) is 3.49. The third-order valence-corrected chi connectivity index (χ3v) is 5.70. The smallest absolute Gasteiger partial charge is 0.248 e. The number of carbonyl (C=O) groups is 3. The van der Waals surface area contributed by atoms with E-state index in [2.05, 4.69) is 15.6 Å². The molecule has 178 valence electrons. The lowest BCUT2D eigenvalue weighted by atomic mass is 10.0. The van der Waals surface area contributed by atoms with E-state index in [1.165, 1.54) is 40.5 Å². The molecule has 9 heteroatoms. The highest BCUT2D eigenvalue weighted by Gasteiger charge is 2.33. The highest BCUT2D eigenvalue weighted by atomic mass is 32.1. The molecule has 0 aliphatic rings. The Kier molecular flexibility index (Phi) is 8.48. The number of para-hydroxylation sites is 1. The fraction of sp³-hybridized carbons (Fsp3) is 0.280. The van der Waals surface area contributed by atoms with Gasteiger partial charge in [-0.15, -0.1) is 11.3 Å². The molecule has 3 rings (SSSR count). The van der Waals surface area contributed by atoms with Crippen molar-refractivity contribution >= 4 is 39.9 Å². The first-order valence-corrected chi connectivity index (χ1v) is 11.8. The van der Waals surface area contributed by atoms with Crippen LogP contribution >= 0.6 is 11.3 Å². The number of benzene rings is 2. The maximum Gasteiger partial charge on any atom is 0.248 e. The van der Waals surface area contributed by atoms with E-state index in [0.29, 0.717) is 16.4 Å². The first-order chi connectivity index (χ1) is 16.3. The molecule has 0 saturated carbocycles. The summed E-state index contributed by atoms with van der Waals surface area (Å²) >= 11 is 1.28. The van der Waals surface area contributed by atoms with Crippen molar-refractivity contribution in [2.24, 2.45) is 0 Å². The van der Waals surface area contributed by atoms with Gasteiger partial charge in [0.2, 0.25) is 17.7 Å². The Morgan fingerprint density at radius 2 is 1.76 bits per heavy atom. The van der Waals surface area contributed by atoms with E-state index in [0.717, 1.165) is 5.56 Å². The fourth-order valence-corrected chi connectivity index (χ4v) is 4.03. The molecule has 3 aromatic rings. The number of hydrogen-bond donors (Lipinski definition) is 2. The van der Waals surface area contributed by atoms with Crippen LogP contribution in [0.4, 0.5) is 15.2 Å². The first-order valence-electron chi connectivity index (χ1n) is 10.9. The summed E-state index contributed by atoms with van der Waals surface area (Å²) in [5, 5.41) is 7.71. The zero-order valence-corrected chi connectivity index (χ0v) is 20.1. The molecule has 0 radical (unpaired) electrons. The number of carbonyl (C=O) groups excluding carboxylic acids is 3. The Morgan fingerprint density at radius 1 is 1.06 bits per heavy atom. The molecule has 1 unspecified atom stereocenters. The number of nitrogens with zero attached hydrogens (tertiary/aromatic N) is 2. The molecule has 0 aliphatic carbocycles. The molecule has 34 heavy (non-hydrogen) atoms. The average molecular weight is 483 g/mol. The number of aromatic nitrogens is 1. The standard InChI is InChI=1S/C25H27FN4O3S/c1-16(2)28-24(33)23(18-8-10-19(26)11-9-18)30(20-7-5-4-6-17(20)3)22(32)13-12-21(31)29-25-27-14-15-34-25/h4-11,14-16,23H,12-13H2,1-3H3,(H,28,33)(H,27,29,31). The van der Waals surface area contributed by atoms with Gasteiger partial charge in [0.15, 0.2) is 5.13 Å². The summed E-state index contributed by atoms with van der Waals surface area (Å²) in [7, 11) is 0. The maximum atomic E-state index is 13.6. The number of halogens is 1. The van der Waals surface area contributed by atoms with Gasteiger partial charge >= 0.3 is 0 Å². The second-order valence-electron chi connectivity index (χ2n) is 8.05. The lowest BCUT2D eigenvalue weighted by Crippen LogP contribution is -2.46. The van der Waals surface area contributed by atoms with Gasteiger partial charge in [-0.2, -0.15) is 0 Å². The monoisotopic (exact) mass is 482 g/mol. The molecule has 2 aromatic carbocycles. The van der Waals surface area contributed by atoms with Crippen LogP contribution in [0.5, 0.6) is 0 Å². The Labute approximate surface area is 202 Å². The van der Waals surface area contributed by atoms with Gasteiger partial charge in [0.1, 0.15) is 11.9 Å². The lowest BCUT2D eigenvalue weighted by Gasteiger charge is -2.33. The second kappa shape index (κ2) is 11.5. The Hall–Kier alpha value is -3.59. The van der Waals surface area contributed by atoms with E-state index >= 15 is 0 Å². The van der Waals surface area contributed by atoms with Crippen molar-refractivity contribution in [3.05, 3.63) is 77.1 Å². The molecule has 0 spiro atoms. The lowest BCUT2D eigenvalue weighted by molar-refractivity contribution is -0.127. The molecule has 7 nitrogen and oxygen atoms in total. The van der Waals surface area contributed by atoms with Crippen molar-refractivity contribution in [3.8, 4) is 0 Å². The van der Waals surface area contributed by atoms with Gasteiger partial charge < -0.3 is 10.6 Å². The molecule has 1 atom stereocenters. The molecule has 1 aromatic heterocycles. The highest BCUT2D eigenvalue weighted by Crippen LogP contribution is 2.31. The predicted molar refractivity (Wildman–Crippen MR) is 131 cm³/mol. The van der Waals surface area contributed by atoms with Crippen molar-refractivity contribution in [1.82, 2.24) is 10.3 Å². The van der Waals surface area contributed by atoms with Crippen LogP contribution in [-0.4, -0.2) is 28.7 Å². The zero-order valence-electron chi connectivity index (χ0n) is 19.2. The van der Waals surface area contributed by atoms with Crippen LogP contribution in [0.3, 0.4) is 0 Å². The maximum absolute atomic E-state index is 13.6. The second-order valence-corrected chi connectivity index (χ2v) is 8.95. The summed E-state index contributed by atoms with van der Waals surface area (Å²) in [5.41, 5.74) is 1.79. The van der Waals surface area contributed by atoms with Crippen molar-refractivity contribution in [2.45, 2.75) is 45.7 Å². The number of aryl methyl sites for hydroxylation is 1. The molecule has 0 aliphatic heterocycles. The van der Waals surface area contributed by atoms with Crippen molar-refractivity contribution in [2.75, 3.05) is 10.2 Å². The van der Waals surface area contributed by atoms with Gasteiger partial charge in [-0.05, 0) is 50.1 Å². The summed E-state index contributed by atoms with van der Waals surface area (Å²) in [4.78, 5) is 44.7. The zero-order chi connectivity index (χ0) is 24.7. The average Bonchev–Trinajstić information content (AvgIpc) is 3.30. The first kappa shape index (κ1) is 25.0. The van der Waals surface area contributed by atoms with Crippen molar-refractivity contribution in [3.63, 3.8) is 0 Å². The van der Waals surface area contributed by atoms with Crippen LogP contribution in [-0.2, 0) is 14.4 Å². The van der Waals surface area contributed by atoms with E-state index < -0.39 is 23.7 Å². The third kappa shape index (κ3) is 6.48. The van der Waals surface area contributed by atoms with E-state index in [9.17, 15) is 18.8 Å². The summed E-state index contributed by atoms with van der Waals surface area (Å²) < 4.78 is 13.6. The Morgan fingerprint density at radius 3 is 2.38 bits per heavy atom. The number of anilines is 2. The van der Waals surface area contributed by atoms with Crippen LogP contribution in [0.2, 0.25) is 0 Å². The third-order valence-electron chi connectivity index (χ3n) is 5.01. The van der Waals surface area contributed by atoms with Gasteiger partial charge in [-0.1, -0.05) is 30.3 Å². The van der Waals surface area contributed by atoms with E-state index in [-0.39, 0.29) is 24.8 Å².